The fraction of sp³-hybridized carbons (Fsp3) is 0.350. The average Bonchev–Trinajstić information content (AvgIpc) is 3.68. The molecule has 0 amide bonds. The van der Waals surface area contributed by atoms with Crippen molar-refractivity contribution in [2.75, 3.05) is 0 Å². The number of hydrogen-bond donors (Lipinski definition) is 1. The number of thiazole rings is 2. The van der Waals surface area contributed by atoms with E-state index in [-0.39, 0.29) is 26.0 Å². The van der Waals surface area contributed by atoms with Crippen LogP contribution in [0, 0.1) is 0 Å². The van der Waals surface area contributed by atoms with Gasteiger partial charge in [-0.05, 0) is 31.9 Å². The number of aryl methyl sites for hydroxylation is 2. The van der Waals surface area contributed by atoms with Crippen LogP contribution in [0.3, 0.4) is 0 Å². The van der Waals surface area contributed by atoms with Gasteiger partial charge in [0.15, 0.2) is 15.7 Å². The lowest BCUT2D eigenvalue weighted by atomic mass is 10.3. The van der Waals surface area contributed by atoms with Gasteiger partial charge >= 0.3 is 18.3 Å². The summed E-state index contributed by atoms with van der Waals surface area (Å²) in [4.78, 5) is 20.1. The maximum absolute atomic E-state index is 12.9. The van der Waals surface area contributed by atoms with Gasteiger partial charge in [0.2, 0.25) is 14.2 Å². The molecule has 0 aromatic carbocycles. The van der Waals surface area contributed by atoms with Crippen molar-refractivity contribution in [1.29, 1.82) is 0 Å². The van der Waals surface area contributed by atoms with Crippen LogP contribution in [0.4, 0.5) is 26.3 Å². The molecule has 1 N–H and O–H groups in total. The largest absolute Gasteiger partial charge is 0.435 e. The van der Waals surface area contributed by atoms with Crippen molar-refractivity contribution in [2.45, 2.75) is 39.5 Å². The van der Waals surface area contributed by atoms with Crippen LogP contribution in [0.5, 0.6) is 0 Å². The molecule has 25 heteroatoms. The summed E-state index contributed by atoms with van der Waals surface area (Å²) in [7, 11) is -1.46. The highest BCUT2D eigenvalue weighted by Gasteiger charge is 2.41. The summed E-state index contributed by atoms with van der Waals surface area (Å²) in [5.41, 5.74) is -2.86. The summed E-state index contributed by atoms with van der Waals surface area (Å²) in [6.07, 6.45) is -6.45. The summed E-state index contributed by atoms with van der Waals surface area (Å²) in [6.45, 7) is 1.11. The van der Waals surface area contributed by atoms with Crippen molar-refractivity contribution in [2.24, 2.45) is 14.1 Å². The van der Waals surface area contributed by atoms with Crippen LogP contribution < -0.4 is 0 Å². The number of rotatable bonds is 6. The van der Waals surface area contributed by atoms with Gasteiger partial charge in [-0.1, -0.05) is 46.3 Å². The quantitative estimate of drug-likeness (QED) is 0.0879. The van der Waals surface area contributed by atoms with Crippen molar-refractivity contribution < 1.29 is 49.7 Å². The molecule has 0 aliphatic heterocycles. The molecule has 0 saturated heterocycles. The molecule has 4 heterocycles. The molecule has 0 radical (unpaired) electrons. The lowest BCUT2D eigenvalue weighted by Crippen LogP contribution is -2.12. The smallest absolute Gasteiger partial charge is 0.301 e. The minimum atomic E-state index is -4.79. The number of hydrogen-bond acceptors (Lipinski definition) is 12. The molecule has 4 rings (SSSR count). The third-order valence-electron chi connectivity index (χ3n) is 4.66. The van der Waals surface area contributed by atoms with E-state index in [0.29, 0.717) is 8.13 Å². The fourth-order valence-corrected chi connectivity index (χ4v) is 9.25. The molecular formula is C20H16Br2Cl2F6N6O5S4. The van der Waals surface area contributed by atoms with E-state index in [0.717, 1.165) is 31.4 Å². The van der Waals surface area contributed by atoms with Gasteiger partial charge in [0.25, 0.3) is 0 Å². The predicted molar refractivity (Wildman–Crippen MR) is 161 cm³/mol. The standard InChI is InChI=1S/C9H6BrClF3N3O2S2.C9H6BrClF3N3S2.C2H4O3/c1-17-7(11)4(6(16-17)9(12,13)14)3-21(18,19)8-15-2-5(10)20-8;1-17-7(11)4(6(16-17)9(12,13)14)3-18-8-15-2-5(10)19-8;1-2(3)5-4/h2H,3H2,1H3;2H,3H2,1H3;4H,1H3. The van der Waals surface area contributed by atoms with Crippen molar-refractivity contribution in [1.82, 2.24) is 29.5 Å². The van der Waals surface area contributed by atoms with Crippen LogP contribution in [0.1, 0.15) is 29.4 Å². The number of alkyl halides is 6. The van der Waals surface area contributed by atoms with Gasteiger partial charge in [0, 0.05) is 37.9 Å². The molecule has 0 spiro atoms. The maximum atomic E-state index is 12.9. The Bertz CT molecular complexity index is 1740. The van der Waals surface area contributed by atoms with Crippen molar-refractivity contribution >= 4 is 105 Å². The number of thioether (sulfide) groups is 1. The molecule has 0 saturated carbocycles. The molecule has 0 fully saturated rings. The first kappa shape index (κ1) is 39.7. The summed E-state index contributed by atoms with van der Waals surface area (Å²) < 4.78 is 105. The summed E-state index contributed by atoms with van der Waals surface area (Å²) in [5, 5.41) is 13.6. The van der Waals surface area contributed by atoms with E-state index >= 15 is 0 Å². The highest BCUT2D eigenvalue weighted by Crippen LogP contribution is 2.39. The number of carbonyl (C=O) groups is 1. The zero-order chi connectivity index (χ0) is 34.5. The zero-order valence-corrected chi connectivity index (χ0v) is 30.2. The SMILES string of the molecule is CC(=O)OO.Cn1nc(C(F)(F)F)c(CS(=O)(=O)c2ncc(Br)s2)c1Cl.Cn1nc(C(F)(F)F)c(CSc2ncc(Br)s2)c1Cl. The second-order valence-corrected chi connectivity index (χ2v) is 16.9. The molecular weight excluding hydrogens is 877 g/mol. The van der Waals surface area contributed by atoms with Gasteiger partial charge in [0.1, 0.15) is 10.3 Å². The normalized spacial score (nSPS) is 11.9. The molecule has 0 bridgehead atoms. The Balaban J connectivity index is 0.000000274. The third-order valence-corrected chi connectivity index (χ3v) is 11.9. The topological polar surface area (TPSA) is 142 Å². The van der Waals surface area contributed by atoms with Crippen LogP contribution in [-0.4, -0.2) is 49.2 Å². The molecule has 0 aliphatic rings. The zero-order valence-electron chi connectivity index (χ0n) is 22.2. The third kappa shape index (κ3) is 11.3. The van der Waals surface area contributed by atoms with Gasteiger partial charge < -0.3 is 4.89 Å². The van der Waals surface area contributed by atoms with Gasteiger partial charge in [-0.2, -0.15) is 41.8 Å². The van der Waals surface area contributed by atoms with Crippen LogP contribution in [0.25, 0.3) is 0 Å². The minimum absolute atomic E-state index is 0.00422. The van der Waals surface area contributed by atoms with E-state index in [9.17, 15) is 39.6 Å². The number of nitrogens with zero attached hydrogens (tertiary/aromatic N) is 6. The van der Waals surface area contributed by atoms with Gasteiger partial charge in [-0.15, -0.1) is 11.3 Å². The number of sulfone groups is 1. The maximum Gasteiger partial charge on any atom is 0.435 e. The molecule has 11 nitrogen and oxygen atoms in total. The van der Waals surface area contributed by atoms with E-state index in [1.54, 1.807) is 6.20 Å². The van der Waals surface area contributed by atoms with Crippen LogP contribution in [0.15, 0.2) is 28.6 Å². The number of aromatic nitrogens is 6. The highest BCUT2D eigenvalue weighted by atomic mass is 79.9. The first-order valence-electron chi connectivity index (χ1n) is 11.1. The van der Waals surface area contributed by atoms with Gasteiger partial charge in [0.05, 0.1) is 25.7 Å². The molecule has 0 aliphatic carbocycles. The molecule has 0 atom stereocenters. The number of carbonyl (C=O) groups excluding carboxylic acids is 1. The molecule has 4 aromatic rings. The lowest BCUT2D eigenvalue weighted by molar-refractivity contribution is -0.231. The molecule has 45 heavy (non-hydrogen) atoms. The Hall–Kier alpha value is -1.47. The summed E-state index contributed by atoms with van der Waals surface area (Å²) in [5.74, 6) is -1.54. The second-order valence-electron chi connectivity index (χ2n) is 7.97. The predicted octanol–water partition coefficient (Wildman–Crippen LogP) is 7.91. The van der Waals surface area contributed by atoms with Crippen LogP contribution >= 0.6 is 89.5 Å². The van der Waals surface area contributed by atoms with E-state index in [1.165, 1.54) is 43.4 Å². The van der Waals surface area contributed by atoms with Crippen LogP contribution in [0.2, 0.25) is 10.3 Å². The van der Waals surface area contributed by atoms with Crippen LogP contribution in [-0.2, 0) is 57.5 Å². The van der Waals surface area contributed by atoms with Gasteiger partial charge in [-0.3, -0.25) is 9.36 Å². The first-order valence-corrected chi connectivity index (χ1v) is 17.7. The Kier molecular flexibility index (Phi) is 14.2. The second kappa shape index (κ2) is 16.1. The lowest BCUT2D eigenvalue weighted by Gasteiger charge is -2.06. The molecule has 4 aromatic heterocycles. The molecule has 250 valence electrons. The van der Waals surface area contributed by atoms with E-state index in [1.807, 2.05) is 0 Å². The van der Waals surface area contributed by atoms with E-state index in [4.69, 9.17) is 28.5 Å². The molecule has 0 unspecified atom stereocenters. The van der Waals surface area contributed by atoms with E-state index in [2.05, 4.69) is 56.9 Å². The van der Waals surface area contributed by atoms with Crippen molar-refractivity contribution in [3.8, 4) is 0 Å². The summed E-state index contributed by atoms with van der Waals surface area (Å²) in [6, 6.07) is 0. The van der Waals surface area contributed by atoms with Gasteiger partial charge in [-0.25, -0.2) is 23.2 Å². The highest BCUT2D eigenvalue weighted by molar-refractivity contribution is 9.11. The fourth-order valence-electron chi connectivity index (χ4n) is 2.88. The summed E-state index contributed by atoms with van der Waals surface area (Å²) >= 11 is 21.2. The Morgan fingerprint density at radius 2 is 1.40 bits per heavy atom. The Morgan fingerprint density at radius 1 is 0.956 bits per heavy atom. The monoisotopic (exact) mass is 890 g/mol. The average molecular weight is 893 g/mol. The van der Waals surface area contributed by atoms with Crippen molar-refractivity contribution in [3.05, 3.63) is 52.8 Å². The Morgan fingerprint density at radius 3 is 1.80 bits per heavy atom. The minimum Gasteiger partial charge on any atom is -0.301 e. The first-order chi connectivity index (χ1) is 20.6. The Labute approximate surface area is 289 Å². The number of halogens is 10. The van der Waals surface area contributed by atoms with E-state index < -0.39 is 50.9 Å². The van der Waals surface area contributed by atoms with Crippen molar-refractivity contribution in [3.63, 3.8) is 0 Å².